The van der Waals surface area contributed by atoms with Crippen LogP contribution in [0.15, 0.2) is 60.7 Å². The van der Waals surface area contributed by atoms with E-state index in [1.54, 1.807) is 11.8 Å². The van der Waals surface area contributed by atoms with E-state index in [0.717, 1.165) is 31.4 Å². The number of nitrogens with one attached hydrogen (secondary N) is 1. The van der Waals surface area contributed by atoms with Gasteiger partial charge in [0, 0.05) is 0 Å². The van der Waals surface area contributed by atoms with E-state index in [4.69, 9.17) is 0 Å². The molecule has 1 aliphatic rings. The molecule has 1 N–H and O–H groups in total. The summed E-state index contributed by atoms with van der Waals surface area (Å²) in [7, 11) is 0. The summed E-state index contributed by atoms with van der Waals surface area (Å²) in [6.07, 6.45) is 5.62. The van der Waals surface area contributed by atoms with Crippen molar-refractivity contribution in [1.29, 1.82) is 0 Å². The summed E-state index contributed by atoms with van der Waals surface area (Å²) in [6.45, 7) is 3.65. The number of anilines is 1. The van der Waals surface area contributed by atoms with Crippen molar-refractivity contribution in [1.82, 2.24) is 5.32 Å². The Morgan fingerprint density at radius 3 is 2.14 bits per heavy atom. The fourth-order valence-electron chi connectivity index (χ4n) is 3.98. The molecule has 0 radical (unpaired) electrons. The number of carbonyl (C=O) groups excluding carboxylic acids is 2. The normalized spacial score (nSPS) is 16.6. The van der Waals surface area contributed by atoms with Gasteiger partial charge in [0.15, 0.2) is 0 Å². The van der Waals surface area contributed by atoms with Crippen molar-refractivity contribution < 1.29 is 9.59 Å². The average molecular weight is 457 g/mol. The summed E-state index contributed by atoms with van der Waals surface area (Å²) < 4.78 is 1.24. The zero-order valence-electron chi connectivity index (χ0n) is 17.2. The molecule has 2 aromatic carbocycles. The number of hydrogen-bond donors (Lipinski definition) is 1. The maximum absolute atomic E-state index is 13.5. The Morgan fingerprint density at radius 2 is 1.55 bits per heavy atom. The quantitative estimate of drug-likeness (QED) is 0.645. The summed E-state index contributed by atoms with van der Waals surface area (Å²) in [5, 5.41) is 3.27. The second kappa shape index (κ2) is 10.6. The van der Waals surface area contributed by atoms with Crippen molar-refractivity contribution in [2.75, 3.05) is 4.90 Å². The minimum absolute atomic E-state index is 0.0266. The first-order valence-electron chi connectivity index (χ1n) is 10.4. The van der Waals surface area contributed by atoms with E-state index < -0.39 is 6.04 Å². The molecule has 1 unspecified atom stereocenters. The molecule has 0 saturated heterocycles. The zero-order chi connectivity index (χ0) is 20.6. The molecule has 4 nitrogen and oxygen atoms in total. The molecule has 2 amide bonds. The number of benzene rings is 2. The molecule has 1 aliphatic carbocycles. The molecule has 154 valence electrons. The van der Waals surface area contributed by atoms with Gasteiger partial charge in [0.05, 0.1) is 0 Å². The van der Waals surface area contributed by atoms with Crippen LogP contribution in [0, 0.1) is 0 Å². The van der Waals surface area contributed by atoms with Crippen LogP contribution < -0.4 is 14.7 Å². The number of hydrogen-bond acceptors (Lipinski definition) is 2. The standard InChI is InChI=1S/C24H30N2O2Se/c1-18(29-22-16-10-5-11-17-22)23(24(28)25-20-12-6-3-7-13-20)26(19(2)27)21-14-8-4-9-15-21/h4-5,8-11,14-18,20,23H,3,6-7,12-13H2,1-2H3,(H,25,28)/t18-,23?/m0/s1. The predicted molar refractivity (Wildman–Crippen MR) is 120 cm³/mol. The molecule has 0 spiro atoms. The van der Waals surface area contributed by atoms with Crippen LogP contribution in [0.2, 0.25) is 4.82 Å². The Balaban J connectivity index is 1.88. The van der Waals surface area contributed by atoms with E-state index in [-0.39, 0.29) is 37.6 Å². The molecule has 1 saturated carbocycles. The number of rotatable bonds is 7. The van der Waals surface area contributed by atoms with Crippen molar-refractivity contribution in [3.63, 3.8) is 0 Å². The summed E-state index contributed by atoms with van der Waals surface area (Å²) in [5.74, 6) is -0.128. The van der Waals surface area contributed by atoms with E-state index in [1.807, 2.05) is 48.5 Å². The van der Waals surface area contributed by atoms with Crippen LogP contribution in [0.5, 0.6) is 0 Å². The molecule has 0 heterocycles. The fourth-order valence-corrected chi connectivity index (χ4v) is 6.32. The maximum atomic E-state index is 13.5. The SMILES string of the molecule is CC(=O)N(c1ccccc1)C(C(=O)NC1CCCCC1)[C@H](C)[Se]c1ccccc1. The average Bonchev–Trinajstić information content (AvgIpc) is 2.73. The van der Waals surface area contributed by atoms with Gasteiger partial charge in [0.1, 0.15) is 0 Å². The molecule has 5 heteroatoms. The summed E-state index contributed by atoms with van der Waals surface area (Å²) in [6, 6.07) is 19.5. The monoisotopic (exact) mass is 458 g/mol. The Bertz CT molecular complexity index is 791. The van der Waals surface area contributed by atoms with Crippen LogP contribution in [0.3, 0.4) is 0 Å². The van der Waals surface area contributed by atoms with E-state index in [1.165, 1.54) is 10.9 Å². The van der Waals surface area contributed by atoms with Gasteiger partial charge in [0.2, 0.25) is 0 Å². The zero-order valence-corrected chi connectivity index (χ0v) is 18.9. The van der Waals surface area contributed by atoms with Crippen molar-refractivity contribution >= 4 is 36.9 Å². The second-order valence-corrected chi connectivity index (χ2v) is 10.7. The van der Waals surface area contributed by atoms with Gasteiger partial charge in [-0.05, 0) is 0 Å². The van der Waals surface area contributed by atoms with Crippen LogP contribution >= 0.6 is 0 Å². The van der Waals surface area contributed by atoms with E-state index in [2.05, 4.69) is 24.4 Å². The van der Waals surface area contributed by atoms with Crippen LogP contribution in [-0.2, 0) is 9.59 Å². The van der Waals surface area contributed by atoms with E-state index in [9.17, 15) is 9.59 Å². The van der Waals surface area contributed by atoms with Gasteiger partial charge in [-0.3, -0.25) is 0 Å². The Morgan fingerprint density at radius 1 is 0.966 bits per heavy atom. The number of amides is 2. The van der Waals surface area contributed by atoms with Gasteiger partial charge < -0.3 is 0 Å². The summed E-state index contributed by atoms with van der Waals surface area (Å²) in [4.78, 5) is 27.9. The molecule has 0 bridgehead atoms. The van der Waals surface area contributed by atoms with Gasteiger partial charge in [-0.15, -0.1) is 0 Å². The molecule has 2 aromatic rings. The third-order valence-electron chi connectivity index (χ3n) is 5.38. The first-order chi connectivity index (χ1) is 14.1. The van der Waals surface area contributed by atoms with Gasteiger partial charge in [-0.25, -0.2) is 0 Å². The van der Waals surface area contributed by atoms with Crippen molar-refractivity contribution in [3.05, 3.63) is 60.7 Å². The van der Waals surface area contributed by atoms with Gasteiger partial charge >= 0.3 is 180 Å². The number of nitrogens with zero attached hydrogens (tertiary/aromatic N) is 1. The molecule has 29 heavy (non-hydrogen) atoms. The minimum atomic E-state index is -0.517. The molecule has 1 fully saturated rings. The van der Waals surface area contributed by atoms with Crippen LogP contribution in [0.1, 0.15) is 46.0 Å². The first-order valence-corrected chi connectivity index (χ1v) is 12.3. The molecule has 3 rings (SSSR count). The van der Waals surface area contributed by atoms with Crippen LogP contribution in [0.25, 0.3) is 0 Å². The second-order valence-electron chi connectivity index (χ2n) is 7.65. The molecule has 2 atom stereocenters. The Hall–Kier alpha value is -2.10. The van der Waals surface area contributed by atoms with Gasteiger partial charge in [0.25, 0.3) is 0 Å². The third-order valence-corrected chi connectivity index (χ3v) is 7.84. The van der Waals surface area contributed by atoms with E-state index in [0.29, 0.717) is 0 Å². The van der Waals surface area contributed by atoms with Crippen LogP contribution in [0.4, 0.5) is 5.69 Å². The summed E-state index contributed by atoms with van der Waals surface area (Å²) >= 11 is 0.0678. The fraction of sp³-hybridized carbons (Fsp3) is 0.417. The molecule has 0 aliphatic heterocycles. The van der Waals surface area contributed by atoms with Crippen molar-refractivity contribution in [2.24, 2.45) is 0 Å². The first kappa shape index (κ1) is 21.6. The Labute approximate surface area is 180 Å². The van der Waals surface area contributed by atoms with Crippen LogP contribution in [-0.4, -0.2) is 38.9 Å². The summed E-state index contributed by atoms with van der Waals surface area (Å²) in [5.41, 5.74) is 0.777. The third kappa shape index (κ3) is 5.94. The van der Waals surface area contributed by atoms with Gasteiger partial charge in [-0.2, -0.15) is 0 Å². The molecular weight excluding hydrogens is 427 g/mol. The number of para-hydroxylation sites is 1. The predicted octanol–water partition coefficient (Wildman–Crippen LogP) is 3.70. The van der Waals surface area contributed by atoms with Gasteiger partial charge in [-0.1, -0.05) is 0 Å². The van der Waals surface area contributed by atoms with Crippen molar-refractivity contribution in [3.8, 4) is 0 Å². The Kier molecular flexibility index (Phi) is 7.91. The molecule has 0 aromatic heterocycles. The number of carbonyl (C=O) groups is 2. The van der Waals surface area contributed by atoms with Crippen molar-refractivity contribution in [2.45, 2.75) is 62.9 Å². The van der Waals surface area contributed by atoms with E-state index >= 15 is 0 Å². The topological polar surface area (TPSA) is 49.4 Å². The molecular formula is C24H30N2O2Se.